The summed E-state index contributed by atoms with van der Waals surface area (Å²) in [5, 5.41) is 12.9. The van der Waals surface area contributed by atoms with Crippen molar-refractivity contribution in [2.75, 3.05) is 0 Å². The summed E-state index contributed by atoms with van der Waals surface area (Å²) in [7, 11) is 0. The number of carboxylic acid groups (broad SMARTS) is 1. The number of fused-ring (bicyclic) bond motifs is 1. The van der Waals surface area contributed by atoms with Gasteiger partial charge in [0.15, 0.2) is 12.1 Å². The van der Waals surface area contributed by atoms with E-state index in [2.05, 4.69) is 12.2 Å². The van der Waals surface area contributed by atoms with Crippen LogP contribution in [0.3, 0.4) is 0 Å². The standard InChI is InChI=1S/C25H27NO6/c1-4-5-9-18-14-21(27)32-23-15(2)20(13-12-19(18)23)31-16(3)24(28)26-22(25(29)30)17-10-7-6-8-11-17/h6-8,10-14,16,22H,4-5,9H2,1-3H3,(H,26,28)(H,29,30). The summed E-state index contributed by atoms with van der Waals surface area (Å²) in [4.78, 5) is 36.4. The van der Waals surface area contributed by atoms with E-state index in [0.717, 1.165) is 30.2 Å². The van der Waals surface area contributed by atoms with Crippen molar-refractivity contribution < 1.29 is 23.8 Å². The molecule has 2 atom stereocenters. The van der Waals surface area contributed by atoms with E-state index in [1.165, 1.54) is 13.0 Å². The Balaban J connectivity index is 1.82. The second kappa shape index (κ2) is 10.1. The summed E-state index contributed by atoms with van der Waals surface area (Å²) in [5.41, 5.74) is 1.99. The topological polar surface area (TPSA) is 106 Å². The fraction of sp³-hybridized carbons (Fsp3) is 0.320. The van der Waals surface area contributed by atoms with E-state index in [0.29, 0.717) is 22.5 Å². The highest BCUT2D eigenvalue weighted by Crippen LogP contribution is 2.30. The number of ether oxygens (including phenoxy) is 1. The zero-order chi connectivity index (χ0) is 23.3. The van der Waals surface area contributed by atoms with Crippen LogP contribution >= 0.6 is 0 Å². The van der Waals surface area contributed by atoms with Crippen molar-refractivity contribution in [3.8, 4) is 5.75 Å². The monoisotopic (exact) mass is 437 g/mol. The highest BCUT2D eigenvalue weighted by Gasteiger charge is 2.26. The minimum absolute atomic E-state index is 0.391. The Morgan fingerprint density at radius 2 is 1.88 bits per heavy atom. The SMILES string of the molecule is CCCCc1cc(=O)oc2c(C)c(OC(C)C(=O)NC(C(=O)O)c3ccccc3)ccc12. The normalized spacial score (nSPS) is 12.8. The molecule has 0 radical (unpaired) electrons. The van der Waals surface area contributed by atoms with Gasteiger partial charge in [0.25, 0.3) is 5.91 Å². The summed E-state index contributed by atoms with van der Waals surface area (Å²) < 4.78 is 11.3. The van der Waals surface area contributed by atoms with Crippen LogP contribution in [-0.2, 0) is 16.0 Å². The molecule has 0 aliphatic carbocycles. The minimum Gasteiger partial charge on any atom is -0.480 e. The van der Waals surface area contributed by atoms with Gasteiger partial charge in [-0.25, -0.2) is 9.59 Å². The smallest absolute Gasteiger partial charge is 0.336 e. The van der Waals surface area contributed by atoms with Crippen LogP contribution in [0.15, 0.2) is 57.7 Å². The molecule has 0 aliphatic heterocycles. The quantitative estimate of drug-likeness (QED) is 0.487. The number of amides is 1. The van der Waals surface area contributed by atoms with Gasteiger partial charge in [-0.15, -0.1) is 0 Å². The largest absolute Gasteiger partial charge is 0.480 e. The van der Waals surface area contributed by atoms with Crippen LogP contribution < -0.4 is 15.7 Å². The van der Waals surface area contributed by atoms with E-state index in [-0.39, 0.29) is 0 Å². The van der Waals surface area contributed by atoms with Crippen LogP contribution in [0, 0.1) is 6.92 Å². The molecule has 2 N–H and O–H groups in total. The Hall–Kier alpha value is -3.61. The number of benzene rings is 2. The summed E-state index contributed by atoms with van der Waals surface area (Å²) in [6.07, 6.45) is 1.77. The first-order valence-corrected chi connectivity index (χ1v) is 10.6. The molecule has 3 aromatic rings. The predicted molar refractivity (Wildman–Crippen MR) is 121 cm³/mol. The number of nitrogens with one attached hydrogen (secondary N) is 1. The second-order valence-corrected chi connectivity index (χ2v) is 7.71. The molecule has 1 aromatic heterocycles. The first-order chi connectivity index (χ1) is 15.3. The molecule has 32 heavy (non-hydrogen) atoms. The molecule has 1 heterocycles. The van der Waals surface area contributed by atoms with Crippen LogP contribution in [0.25, 0.3) is 11.0 Å². The molecule has 0 bridgehead atoms. The number of unbranched alkanes of at least 4 members (excludes halogenated alkanes) is 1. The lowest BCUT2D eigenvalue weighted by Gasteiger charge is -2.20. The highest BCUT2D eigenvalue weighted by atomic mass is 16.5. The third-order valence-electron chi connectivity index (χ3n) is 5.34. The molecule has 1 amide bonds. The lowest BCUT2D eigenvalue weighted by Crippen LogP contribution is -2.41. The van der Waals surface area contributed by atoms with Gasteiger partial charge in [-0.05, 0) is 49.9 Å². The van der Waals surface area contributed by atoms with Crippen molar-refractivity contribution in [3.63, 3.8) is 0 Å². The molecular formula is C25H27NO6. The number of carbonyl (C=O) groups excluding carboxylic acids is 1. The third-order valence-corrected chi connectivity index (χ3v) is 5.34. The van der Waals surface area contributed by atoms with E-state index in [1.54, 1.807) is 43.3 Å². The van der Waals surface area contributed by atoms with Crippen molar-refractivity contribution in [1.82, 2.24) is 5.32 Å². The Labute approximate surface area is 186 Å². The lowest BCUT2D eigenvalue weighted by atomic mass is 10.0. The van der Waals surface area contributed by atoms with Crippen LogP contribution in [0.4, 0.5) is 0 Å². The first kappa shape index (κ1) is 23.1. The molecule has 0 saturated carbocycles. The molecular weight excluding hydrogens is 410 g/mol. The molecule has 0 saturated heterocycles. The highest BCUT2D eigenvalue weighted by molar-refractivity contribution is 5.88. The van der Waals surface area contributed by atoms with Gasteiger partial charge in [0.2, 0.25) is 0 Å². The predicted octanol–water partition coefficient (Wildman–Crippen LogP) is 4.15. The number of rotatable bonds is 9. The number of carbonyl (C=O) groups is 2. The van der Waals surface area contributed by atoms with Gasteiger partial charge in [-0.3, -0.25) is 4.79 Å². The Morgan fingerprint density at radius 1 is 1.16 bits per heavy atom. The van der Waals surface area contributed by atoms with Crippen LogP contribution in [-0.4, -0.2) is 23.1 Å². The Kier molecular flexibility index (Phi) is 7.30. The molecule has 0 aliphatic rings. The van der Waals surface area contributed by atoms with Crippen LogP contribution in [0.2, 0.25) is 0 Å². The van der Waals surface area contributed by atoms with E-state index < -0.39 is 29.6 Å². The molecule has 7 nitrogen and oxygen atoms in total. The van der Waals surface area contributed by atoms with E-state index in [1.807, 2.05) is 6.07 Å². The minimum atomic E-state index is -1.19. The molecule has 0 spiro atoms. The van der Waals surface area contributed by atoms with Crippen LogP contribution in [0.5, 0.6) is 5.75 Å². The maximum atomic E-state index is 12.7. The van der Waals surface area contributed by atoms with Crippen molar-refractivity contribution in [2.24, 2.45) is 0 Å². The maximum absolute atomic E-state index is 12.7. The molecule has 168 valence electrons. The summed E-state index contributed by atoms with van der Waals surface area (Å²) in [6.45, 7) is 5.39. The fourth-order valence-electron chi connectivity index (χ4n) is 3.55. The number of aryl methyl sites for hydroxylation is 2. The van der Waals surface area contributed by atoms with Gasteiger partial charge in [0, 0.05) is 17.0 Å². The molecule has 2 aromatic carbocycles. The number of carboxylic acids is 1. The first-order valence-electron chi connectivity index (χ1n) is 10.6. The zero-order valence-electron chi connectivity index (χ0n) is 18.4. The zero-order valence-corrected chi connectivity index (χ0v) is 18.4. The third kappa shape index (κ3) is 5.17. The Morgan fingerprint density at radius 3 is 2.53 bits per heavy atom. The number of hydrogen-bond donors (Lipinski definition) is 2. The van der Waals surface area contributed by atoms with Gasteiger partial charge in [0.1, 0.15) is 11.3 Å². The van der Waals surface area contributed by atoms with Gasteiger partial charge >= 0.3 is 11.6 Å². The van der Waals surface area contributed by atoms with Crippen molar-refractivity contribution in [1.29, 1.82) is 0 Å². The summed E-state index contributed by atoms with van der Waals surface area (Å²) in [5.74, 6) is -1.35. The lowest BCUT2D eigenvalue weighted by molar-refractivity contribution is -0.143. The van der Waals surface area contributed by atoms with Gasteiger partial charge in [-0.2, -0.15) is 0 Å². The summed E-state index contributed by atoms with van der Waals surface area (Å²) in [6, 6.07) is 12.3. The Bertz CT molecular complexity index is 1170. The van der Waals surface area contributed by atoms with E-state index in [4.69, 9.17) is 9.15 Å². The van der Waals surface area contributed by atoms with Gasteiger partial charge < -0.3 is 19.6 Å². The molecule has 0 fully saturated rings. The van der Waals surface area contributed by atoms with Crippen molar-refractivity contribution >= 4 is 22.8 Å². The molecule has 2 unspecified atom stereocenters. The van der Waals surface area contributed by atoms with Gasteiger partial charge in [-0.1, -0.05) is 43.7 Å². The van der Waals surface area contributed by atoms with Crippen LogP contribution in [0.1, 0.15) is 49.4 Å². The van der Waals surface area contributed by atoms with E-state index >= 15 is 0 Å². The molecule has 7 heteroatoms. The van der Waals surface area contributed by atoms with Crippen molar-refractivity contribution in [2.45, 2.75) is 52.2 Å². The van der Waals surface area contributed by atoms with Gasteiger partial charge in [0.05, 0.1) is 0 Å². The fourth-order valence-corrected chi connectivity index (χ4v) is 3.55. The average Bonchev–Trinajstić information content (AvgIpc) is 2.78. The second-order valence-electron chi connectivity index (χ2n) is 7.71. The molecule has 3 rings (SSSR count). The van der Waals surface area contributed by atoms with E-state index in [9.17, 15) is 19.5 Å². The number of aliphatic carboxylic acids is 1. The van der Waals surface area contributed by atoms with Crippen molar-refractivity contribution in [3.05, 3.63) is 75.6 Å². The average molecular weight is 437 g/mol. The number of hydrogen-bond acceptors (Lipinski definition) is 5. The summed E-state index contributed by atoms with van der Waals surface area (Å²) >= 11 is 0. The maximum Gasteiger partial charge on any atom is 0.336 e.